The van der Waals surface area contributed by atoms with Gasteiger partial charge in [-0.25, -0.2) is 0 Å². The Morgan fingerprint density at radius 1 is 1.22 bits per heavy atom. The highest BCUT2D eigenvalue weighted by atomic mass is 35.5. The summed E-state index contributed by atoms with van der Waals surface area (Å²) in [5.74, 6) is 0.554. The molecule has 1 aliphatic heterocycles. The van der Waals surface area contributed by atoms with Crippen LogP contribution < -0.4 is 5.32 Å². The zero-order valence-corrected chi connectivity index (χ0v) is 13.0. The fraction of sp³-hybridized carbons (Fsp3) is 0.222. The van der Waals surface area contributed by atoms with Crippen molar-refractivity contribution in [2.75, 3.05) is 5.32 Å². The smallest absolute Gasteiger partial charge is 0.292 e. The highest BCUT2D eigenvalue weighted by molar-refractivity contribution is 6.30. The van der Waals surface area contributed by atoms with E-state index in [-0.39, 0.29) is 22.6 Å². The fourth-order valence-corrected chi connectivity index (χ4v) is 3.99. The average molecular weight is 327 g/mol. The second kappa shape index (κ2) is 5.39. The third kappa shape index (κ3) is 2.30. The van der Waals surface area contributed by atoms with Gasteiger partial charge in [0.05, 0.1) is 11.0 Å². The highest BCUT2D eigenvalue weighted by Crippen LogP contribution is 2.52. The molecule has 116 valence electrons. The number of fused-ring (bicyclic) bond motifs is 3. The van der Waals surface area contributed by atoms with Gasteiger partial charge in [-0.15, -0.1) is 0 Å². The second-order valence-electron chi connectivity index (χ2n) is 6.03. The molecule has 0 aromatic heterocycles. The molecule has 1 aliphatic carbocycles. The van der Waals surface area contributed by atoms with Gasteiger partial charge in [0, 0.05) is 17.0 Å². The number of nitro groups is 1. The molecule has 0 radical (unpaired) electrons. The first kappa shape index (κ1) is 14.3. The summed E-state index contributed by atoms with van der Waals surface area (Å²) in [4.78, 5) is 11.1. The zero-order valence-electron chi connectivity index (χ0n) is 12.3. The van der Waals surface area contributed by atoms with Crippen molar-refractivity contribution in [2.45, 2.75) is 18.4 Å². The highest BCUT2D eigenvalue weighted by Gasteiger charge is 2.40. The number of para-hydroxylation sites is 1. The number of rotatable bonds is 2. The van der Waals surface area contributed by atoms with Crippen LogP contribution in [0.5, 0.6) is 0 Å². The molecule has 2 aromatic rings. The van der Waals surface area contributed by atoms with E-state index < -0.39 is 0 Å². The number of nitrogens with one attached hydrogen (secondary N) is 1. The molecule has 5 heteroatoms. The fourth-order valence-electron chi connectivity index (χ4n) is 3.79. The standard InChI is InChI=1S/C18H15ClN2O2/c19-12-5-1-4-11(10-12)17-14-7-2-6-13(14)15-8-3-9-16(21(22)23)18(15)20-17/h1-6,8-10,13-14,17,20H,7H2/t13-,14+,17?/m1/s1. The SMILES string of the molecule is O=[N+]([O-])c1cccc2c1NC(c1cccc(Cl)c1)[C@H]1CC=C[C@@H]21. The number of nitro benzene ring substituents is 1. The van der Waals surface area contributed by atoms with Crippen LogP contribution in [0.3, 0.4) is 0 Å². The van der Waals surface area contributed by atoms with Crippen molar-refractivity contribution in [1.29, 1.82) is 0 Å². The van der Waals surface area contributed by atoms with Crippen LogP contribution in [0, 0.1) is 16.0 Å². The van der Waals surface area contributed by atoms with Crippen molar-refractivity contribution in [3.8, 4) is 0 Å². The van der Waals surface area contributed by atoms with E-state index in [0.29, 0.717) is 16.6 Å². The Hall–Kier alpha value is -2.33. The summed E-state index contributed by atoms with van der Waals surface area (Å²) in [6, 6.07) is 13.0. The molecule has 0 fully saturated rings. The molecule has 0 spiro atoms. The van der Waals surface area contributed by atoms with Gasteiger partial charge in [-0.1, -0.05) is 48.0 Å². The summed E-state index contributed by atoms with van der Waals surface area (Å²) < 4.78 is 0. The van der Waals surface area contributed by atoms with Gasteiger partial charge in [0.15, 0.2) is 0 Å². The normalized spacial score (nSPS) is 24.7. The van der Waals surface area contributed by atoms with Crippen LogP contribution in [0.4, 0.5) is 11.4 Å². The van der Waals surface area contributed by atoms with Crippen LogP contribution >= 0.6 is 11.6 Å². The van der Waals surface area contributed by atoms with Crippen molar-refractivity contribution in [3.63, 3.8) is 0 Å². The number of halogens is 1. The third-order valence-electron chi connectivity index (χ3n) is 4.78. The summed E-state index contributed by atoms with van der Waals surface area (Å²) in [7, 11) is 0. The Kier molecular flexibility index (Phi) is 3.34. The molecule has 1 heterocycles. The average Bonchev–Trinajstić information content (AvgIpc) is 3.03. The predicted molar refractivity (Wildman–Crippen MR) is 90.9 cm³/mol. The molecule has 3 atom stereocenters. The molecule has 23 heavy (non-hydrogen) atoms. The second-order valence-corrected chi connectivity index (χ2v) is 6.47. The lowest BCUT2D eigenvalue weighted by Gasteiger charge is -2.37. The van der Waals surface area contributed by atoms with Gasteiger partial charge in [-0.2, -0.15) is 0 Å². The number of benzene rings is 2. The summed E-state index contributed by atoms with van der Waals surface area (Å²) in [5, 5.41) is 15.5. The van der Waals surface area contributed by atoms with E-state index in [0.717, 1.165) is 17.5 Å². The van der Waals surface area contributed by atoms with Crippen LogP contribution in [-0.2, 0) is 0 Å². The van der Waals surface area contributed by atoms with Gasteiger partial charge in [0.1, 0.15) is 5.69 Å². The summed E-state index contributed by atoms with van der Waals surface area (Å²) in [6.45, 7) is 0. The summed E-state index contributed by atoms with van der Waals surface area (Å²) in [6.07, 6.45) is 5.30. The number of nitrogens with zero attached hydrogens (tertiary/aromatic N) is 1. The number of hydrogen-bond acceptors (Lipinski definition) is 3. The Labute approximate surface area is 138 Å². The Morgan fingerprint density at radius 3 is 2.83 bits per heavy atom. The number of hydrogen-bond donors (Lipinski definition) is 1. The molecule has 0 saturated carbocycles. The lowest BCUT2D eigenvalue weighted by molar-refractivity contribution is -0.384. The maximum Gasteiger partial charge on any atom is 0.292 e. The minimum absolute atomic E-state index is 0.0160. The van der Waals surface area contributed by atoms with Gasteiger partial charge in [0.25, 0.3) is 5.69 Å². The van der Waals surface area contributed by atoms with E-state index in [9.17, 15) is 10.1 Å². The van der Waals surface area contributed by atoms with Crippen molar-refractivity contribution in [1.82, 2.24) is 0 Å². The van der Waals surface area contributed by atoms with Crippen molar-refractivity contribution < 1.29 is 4.92 Å². The molecule has 0 amide bonds. The molecule has 1 N–H and O–H groups in total. The van der Waals surface area contributed by atoms with Crippen molar-refractivity contribution in [3.05, 3.63) is 80.9 Å². The van der Waals surface area contributed by atoms with E-state index in [1.54, 1.807) is 12.1 Å². The molecule has 2 aliphatic rings. The van der Waals surface area contributed by atoms with E-state index in [2.05, 4.69) is 17.5 Å². The quantitative estimate of drug-likeness (QED) is 0.476. The predicted octanol–water partition coefficient (Wildman–Crippen LogP) is 5.07. The van der Waals surface area contributed by atoms with Crippen molar-refractivity contribution in [2.24, 2.45) is 5.92 Å². The first-order valence-electron chi connectivity index (χ1n) is 7.61. The van der Waals surface area contributed by atoms with Gasteiger partial charge in [0.2, 0.25) is 0 Å². The lowest BCUT2D eigenvalue weighted by Crippen LogP contribution is -2.29. The van der Waals surface area contributed by atoms with E-state index in [1.165, 1.54) is 0 Å². The maximum atomic E-state index is 11.4. The lowest BCUT2D eigenvalue weighted by atomic mass is 9.77. The summed E-state index contributed by atoms with van der Waals surface area (Å²) in [5.41, 5.74) is 2.85. The van der Waals surface area contributed by atoms with Gasteiger partial charge in [-0.3, -0.25) is 10.1 Å². The monoisotopic (exact) mass is 326 g/mol. The maximum absolute atomic E-state index is 11.4. The van der Waals surface area contributed by atoms with Crippen molar-refractivity contribution >= 4 is 23.0 Å². The Bertz CT molecular complexity index is 818. The molecule has 0 bridgehead atoms. The van der Waals surface area contributed by atoms with E-state index in [4.69, 9.17) is 11.6 Å². The van der Waals surface area contributed by atoms with Gasteiger partial charge < -0.3 is 5.32 Å². The molecule has 4 rings (SSSR count). The minimum Gasteiger partial charge on any atom is -0.372 e. The molecular weight excluding hydrogens is 312 g/mol. The van der Waals surface area contributed by atoms with Crippen LogP contribution in [0.1, 0.15) is 29.5 Å². The topological polar surface area (TPSA) is 55.2 Å². The van der Waals surface area contributed by atoms with Crippen LogP contribution in [0.25, 0.3) is 0 Å². The molecule has 0 saturated heterocycles. The number of anilines is 1. The Morgan fingerprint density at radius 2 is 2.04 bits per heavy atom. The largest absolute Gasteiger partial charge is 0.372 e. The first-order valence-corrected chi connectivity index (χ1v) is 7.99. The molecule has 4 nitrogen and oxygen atoms in total. The van der Waals surface area contributed by atoms with E-state index >= 15 is 0 Å². The van der Waals surface area contributed by atoms with Gasteiger partial charge in [-0.05, 0) is 35.6 Å². The first-order chi connectivity index (χ1) is 11.1. The van der Waals surface area contributed by atoms with E-state index in [1.807, 2.05) is 30.3 Å². The zero-order chi connectivity index (χ0) is 16.0. The van der Waals surface area contributed by atoms with Crippen LogP contribution in [0.15, 0.2) is 54.6 Å². The Balaban J connectivity index is 1.85. The third-order valence-corrected chi connectivity index (χ3v) is 5.01. The van der Waals surface area contributed by atoms with Gasteiger partial charge >= 0.3 is 0 Å². The van der Waals surface area contributed by atoms with Crippen LogP contribution in [-0.4, -0.2) is 4.92 Å². The molecular formula is C18H15ClN2O2. The summed E-state index contributed by atoms with van der Waals surface area (Å²) >= 11 is 6.14. The van der Waals surface area contributed by atoms with Crippen LogP contribution in [0.2, 0.25) is 5.02 Å². The number of allylic oxidation sites excluding steroid dienone is 2. The minimum atomic E-state index is -0.320. The molecule has 2 aromatic carbocycles. The molecule has 1 unspecified atom stereocenters.